The van der Waals surface area contributed by atoms with Gasteiger partial charge >= 0.3 is 5.97 Å². The van der Waals surface area contributed by atoms with E-state index < -0.39 is 11.4 Å². The molecule has 34 heavy (non-hydrogen) atoms. The van der Waals surface area contributed by atoms with Gasteiger partial charge in [-0.15, -0.1) is 11.3 Å². The molecule has 0 radical (unpaired) electrons. The molecule has 0 aliphatic carbocycles. The molecule has 0 amide bonds. The molecule has 3 aromatic rings. The molecule has 0 saturated carbocycles. The highest BCUT2D eigenvalue weighted by molar-refractivity contribution is 7.12. The average molecular weight is 485 g/mol. The Balaban J connectivity index is 1.62. The van der Waals surface area contributed by atoms with Crippen molar-refractivity contribution in [3.05, 3.63) is 45.2 Å². The molecule has 1 N–H and O–H groups in total. The number of nitrogens with zero attached hydrogens (tertiary/aromatic N) is 4. The van der Waals surface area contributed by atoms with Gasteiger partial charge in [0.2, 0.25) is 5.43 Å². The molecule has 3 aromatic heterocycles. The summed E-state index contributed by atoms with van der Waals surface area (Å²) in [7, 11) is 0. The summed E-state index contributed by atoms with van der Waals surface area (Å²) >= 11 is 1.32. The van der Waals surface area contributed by atoms with E-state index in [1.807, 2.05) is 11.8 Å². The van der Waals surface area contributed by atoms with Crippen molar-refractivity contribution in [3.8, 4) is 5.13 Å². The van der Waals surface area contributed by atoms with Gasteiger partial charge in [-0.2, -0.15) is 0 Å². The number of carboxylic acid groups (broad SMARTS) is 1. The van der Waals surface area contributed by atoms with E-state index in [1.54, 1.807) is 29.1 Å². The van der Waals surface area contributed by atoms with Crippen molar-refractivity contribution in [2.75, 3.05) is 31.2 Å². The number of hydrogen-bond acceptors (Lipinski definition) is 8. The van der Waals surface area contributed by atoms with E-state index in [9.17, 15) is 19.5 Å². The molecule has 0 spiro atoms. The maximum atomic E-state index is 12.9. The molecule has 1 unspecified atom stereocenters. The quantitative estimate of drug-likeness (QED) is 0.466. The number of carbonyl (C=O) groups is 2. The number of carboxylic acids is 1. The minimum absolute atomic E-state index is 0.0518. The summed E-state index contributed by atoms with van der Waals surface area (Å²) in [6, 6.07) is 1.78. The molecule has 1 fully saturated rings. The molecule has 1 saturated heterocycles. The number of anilines is 1. The number of carbonyl (C=O) groups excluding carboxylic acids is 1. The third kappa shape index (κ3) is 4.60. The lowest BCUT2D eigenvalue weighted by atomic mass is 9.88. The first kappa shape index (κ1) is 24.0. The Kier molecular flexibility index (Phi) is 7.08. The lowest BCUT2D eigenvalue weighted by molar-refractivity contribution is -0.125. The molecule has 0 bridgehead atoms. The zero-order valence-corrected chi connectivity index (χ0v) is 20.3. The van der Waals surface area contributed by atoms with Crippen LogP contribution in [0.4, 0.5) is 5.82 Å². The van der Waals surface area contributed by atoms with Crippen molar-refractivity contribution in [1.29, 1.82) is 0 Å². The van der Waals surface area contributed by atoms with Crippen LogP contribution in [-0.2, 0) is 9.53 Å². The second-order valence-electron chi connectivity index (χ2n) is 8.56. The maximum Gasteiger partial charge on any atom is 0.341 e. The molecule has 10 heteroatoms. The monoisotopic (exact) mass is 484 g/mol. The number of aryl methyl sites for hydroxylation is 1. The van der Waals surface area contributed by atoms with Crippen molar-refractivity contribution in [3.63, 3.8) is 0 Å². The highest BCUT2D eigenvalue weighted by Gasteiger charge is 2.34. The normalized spacial score (nSPS) is 14.9. The number of thiazole rings is 1. The Morgan fingerprint density at radius 1 is 1.32 bits per heavy atom. The molecule has 1 aliphatic rings. The fourth-order valence-corrected chi connectivity index (χ4v) is 4.82. The minimum atomic E-state index is -1.29. The predicted molar refractivity (Wildman–Crippen MR) is 130 cm³/mol. The van der Waals surface area contributed by atoms with Gasteiger partial charge in [0.1, 0.15) is 17.2 Å². The van der Waals surface area contributed by atoms with Gasteiger partial charge in [-0.3, -0.25) is 14.2 Å². The molecule has 1 aliphatic heterocycles. The zero-order chi connectivity index (χ0) is 24.4. The minimum Gasteiger partial charge on any atom is -0.477 e. The highest BCUT2D eigenvalue weighted by Crippen LogP contribution is 2.30. The van der Waals surface area contributed by atoms with Crippen LogP contribution in [0.3, 0.4) is 0 Å². The Hall–Kier alpha value is -3.11. The van der Waals surface area contributed by atoms with Crippen molar-refractivity contribution in [2.45, 2.75) is 33.6 Å². The standard InChI is InChI=1S/C24H28N4O5S/c1-4-15(13-33-5-2)9-18(29)16-10-27(11-16)19-8-14(3)20-21(30)17(23(31)32)12-28(22(20)26-19)24-25-6-7-34-24/h6-8,12,15-16H,4-5,9-11,13H2,1-3H3,(H,31,32). The second kappa shape index (κ2) is 10.0. The molecular weight excluding hydrogens is 456 g/mol. The van der Waals surface area contributed by atoms with Gasteiger partial charge in [-0.1, -0.05) is 13.3 Å². The number of fused-ring (bicyclic) bond motifs is 1. The second-order valence-corrected chi connectivity index (χ2v) is 9.44. The van der Waals surface area contributed by atoms with E-state index in [4.69, 9.17) is 9.72 Å². The van der Waals surface area contributed by atoms with Crippen molar-refractivity contribution in [2.24, 2.45) is 11.8 Å². The van der Waals surface area contributed by atoms with Crippen LogP contribution < -0.4 is 10.3 Å². The zero-order valence-electron chi connectivity index (χ0n) is 19.5. The largest absolute Gasteiger partial charge is 0.477 e. The summed E-state index contributed by atoms with van der Waals surface area (Å²) in [6.07, 6.45) is 4.32. The van der Waals surface area contributed by atoms with E-state index in [0.717, 1.165) is 6.42 Å². The van der Waals surface area contributed by atoms with Crippen LogP contribution in [0.15, 0.2) is 28.6 Å². The van der Waals surface area contributed by atoms with Gasteiger partial charge in [-0.25, -0.2) is 14.8 Å². The van der Waals surface area contributed by atoms with Gasteiger partial charge in [0.15, 0.2) is 10.8 Å². The highest BCUT2D eigenvalue weighted by atomic mass is 32.1. The van der Waals surface area contributed by atoms with E-state index >= 15 is 0 Å². The number of pyridine rings is 2. The van der Waals surface area contributed by atoms with Crippen molar-refractivity contribution < 1.29 is 19.4 Å². The van der Waals surface area contributed by atoms with Crippen LogP contribution in [0, 0.1) is 18.8 Å². The summed E-state index contributed by atoms with van der Waals surface area (Å²) in [5.74, 6) is -0.212. The van der Waals surface area contributed by atoms with Gasteiger partial charge in [0.25, 0.3) is 0 Å². The summed E-state index contributed by atoms with van der Waals surface area (Å²) in [5.41, 5.74) is 0.101. The molecule has 1 atom stereocenters. The van der Waals surface area contributed by atoms with Gasteiger partial charge in [0, 0.05) is 50.5 Å². The number of aromatic nitrogens is 3. The van der Waals surface area contributed by atoms with E-state index in [0.29, 0.717) is 54.9 Å². The first-order chi connectivity index (χ1) is 16.3. The Bertz CT molecular complexity index is 1260. The molecular formula is C24H28N4O5S. The number of hydrogen-bond donors (Lipinski definition) is 1. The van der Waals surface area contributed by atoms with Crippen molar-refractivity contribution >= 4 is 39.9 Å². The third-order valence-corrected chi connectivity index (χ3v) is 7.05. The average Bonchev–Trinajstić information content (AvgIpc) is 3.30. The summed E-state index contributed by atoms with van der Waals surface area (Å²) in [4.78, 5) is 48.4. The van der Waals surface area contributed by atoms with Crippen molar-refractivity contribution in [1.82, 2.24) is 14.5 Å². The van der Waals surface area contributed by atoms with Crippen LogP contribution in [0.2, 0.25) is 0 Å². The van der Waals surface area contributed by atoms with E-state index in [1.165, 1.54) is 17.5 Å². The molecule has 180 valence electrons. The third-order valence-electron chi connectivity index (χ3n) is 6.28. The van der Waals surface area contributed by atoms with Crippen LogP contribution >= 0.6 is 11.3 Å². The van der Waals surface area contributed by atoms with Gasteiger partial charge < -0.3 is 14.7 Å². The molecule has 9 nitrogen and oxygen atoms in total. The van der Waals surface area contributed by atoms with Gasteiger partial charge in [-0.05, 0) is 31.4 Å². The lowest BCUT2D eigenvalue weighted by Gasteiger charge is -2.40. The lowest BCUT2D eigenvalue weighted by Crippen LogP contribution is -2.51. The van der Waals surface area contributed by atoms with E-state index in [-0.39, 0.29) is 28.6 Å². The smallest absolute Gasteiger partial charge is 0.341 e. The predicted octanol–water partition coefficient (Wildman–Crippen LogP) is 3.31. The molecule has 4 heterocycles. The SMILES string of the molecule is CCOCC(CC)CC(=O)C1CN(c2cc(C)c3c(=O)c(C(=O)O)cn(-c4nccs4)c3n2)C1. The van der Waals surface area contributed by atoms with Crippen LogP contribution in [0.1, 0.15) is 42.6 Å². The first-order valence-corrected chi connectivity index (χ1v) is 12.3. The van der Waals surface area contributed by atoms with Gasteiger partial charge in [0.05, 0.1) is 11.3 Å². The topological polar surface area (TPSA) is 115 Å². The van der Waals surface area contributed by atoms with E-state index in [2.05, 4.69) is 11.9 Å². The first-order valence-electron chi connectivity index (χ1n) is 11.4. The fourth-order valence-electron chi connectivity index (χ4n) is 4.20. The summed E-state index contributed by atoms with van der Waals surface area (Å²) in [6.45, 7) is 8.18. The summed E-state index contributed by atoms with van der Waals surface area (Å²) in [5, 5.41) is 12.1. The Morgan fingerprint density at radius 2 is 2.09 bits per heavy atom. The van der Waals surface area contributed by atoms with Crippen LogP contribution in [0.5, 0.6) is 0 Å². The Morgan fingerprint density at radius 3 is 2.71 bits per heavy atom. The maximum absolute atomic E-state index is 12.9. The number of Topliss-reactive ketones (excluding diaryl/α,β-unsaturated/α-hetero) is 1. The number of rotatable bonds is 10. The van der Waals surface area contributed by atoms with Crippen LogP contribution in [0.25, 0.3) is 16.2 Å². The summed E-state index contributed by atoms with van der Waals surface area (Å²) < 4.78 is 7.06. The number of ether oxygens (including phenoxy) is 1. The molecule has 4 rings (SSSR count). The van der Waals surface area contributed by atoms with Crippen LogP contribution in [-0.4, -0.2) is 57.7 Å². The molecule has 0 aromatic carbocycles. The Labute approximate surface area is 201 Å². The number of aromatic carboxylic acids is 1. The fraction of sp³-hybridized carbons (Fsp3) is 0.458. The number of ketones is 1.